The average molecular weight is 309 g/mol. The van der Waals surface area contributed by atoms with Gasteiger partial charge in [-0.05, 0) is 23.8 Å². The third kappa shape index (κ3) is 2.15. The van der Waals surface area contributed by atoms with Gasteiger partial charge in [-0.3, -0.25) is 0 Å². The first-order valence-corrected chi connectivity index (χ1v) is 7.50. The largest absolute Gasteiger partial charge is 0.239 e. The van der Waals surface area contributed by atoms with Crippen molar-refractivity contribution in [3.05, 3.63) is 47.9 Å². The van der Waals surface area contributed by atoms with Gasteiger partial charge in [-0.25, -0.2) is 23.1 Å². The Morgan fingerprint density at radius 1 is 1.30 bits per heavy atom. The van der Waals surface area contributed by atoms with E-state index in [9.17, 15) is 8.42 Å². The first-order valence-electron chi connectivity index (χ1n) is 5.58. The van der Waals surface area contributed by atoms with Crippen molar-refractivity contribution in [1.82, 2.24) is 14.6 Å². The molecule has 0 spiro atoms. The molecule has 3 aromatic rings. The quantitative estimate of drug-likeness (QED) is 0.780. The van der Waals surface area contributed by atoms with Gasteiger partial charge in [-0.1, -0.05) is 17.7 Å². The van der Waals surface area contributed by atoms with Gasteiger partial charge in [-0.2, -0.15) is 5.10 Å². The number of nitrogens with two attached hydrogens (primary N) is 1. The van der Waals surface area contributed by atoms with Gasteiger partial charge in [-0.15, -0.1) is 0 Å². The highest BCUT2D eigenvalue weighted by molar-refractivity contribution is 7.89. The summed E-state index contributed by atoms with van der Waals surface area (Å²) in [5.41, 5.74) is 2.14. The van der Waals surface area contributed by atoms with Gasteiger partial charge in [0.15, 0.2) is 5.65 Å². The number of sulfonamides is 1. The summed E-state index contributed by atoms with van der Waals surface area (Å²) in [5, 5.41) is 9.31. The van der Waals surface area contributed by atoms with Gasteiger partial charge in [0.2, 0.25) is 10.0 Å². The number of rotatable bonds is 2. The number of benzene rings is 1. The number of primary sulfonamides is 1. The molecule has 3 rings (SSSR count). The Hall–Kier alpha value is -1.96. The molecular formula is C12H9ClN4O2S. The standard InChI is InChI=1S/C12H9ClN4O2S/c13-10-6-8(2-3-11(10)20(14,18)19)9-7-16-17-5-1-4-15-12(9)17/h1-7H,(H2,14,18,19). The summed E-state index contributed by atoms with van der Waals surface area (Å²) in [6.07, 6.45) is 5.07. The Morgan fingerprint density at radius 2 is 2.10 bits per heavy atom. The van der Waals surface area contributed by atoms with Crippen molar-refractivity contribution in [3.8, 4) is 11.1 Å². The van der Waals surface area contributed by atoms with Gasteiger partial charge in [0.25, 0.3) is 0 Å². The van der Waals surface area contributed by atoms with Crippen LogP contribution in [-0.2, 0) is 10.0 Å². The molecule has 102 valence electrons. The summed E-state index contributed by atoms with van der Waals surface area (Å²) in [4.78, 5) is 4.13. The van der Waals surface area contributed by atoms with E-state index in [0.29, 0.717) is 5.65 Å². The molecule has 20 heavy (non-hydrogen) atoms. The molecule has 0 aliphatic heterocycles. The lowest BCUT2D eigenvalue weighted by Crippen LogP contribution is -2.12. The first-order chi connectivity index (χ1) is 9.47. The molecule has 1 aromatic carbocycles. The second kappa shape index (κ2) is 4.55. The van der Waals surface area contributed by atoms with Crippen LogP contribution in [0.25, 0.3) is 16.8 Å². The third-order valence-electron chi connectivity index (χ3n) is 2.83. The molecule has 2 N–H and O–H groups in total. The highest BCUT2D eigenvalue weighted by atomic mass is 35.5. The van der Waals surface area contributed by atoms with E-state index < -0.39 is 10.0 Å². The smallest absolute Gasteiger partial charge is 0.236 e. The third-order valence-corrected chi connectivity index (χ3v) is 4.22. The average Bonchev–Trinajstić information content (AvgIpc) is 2.80. The summed E-state index contributed by atoms with van der Waals surface area (Å²) in [6, 6.07) is 6.30. The number of aromatic nitrogens is 3. The molecule has 0 unspecified atom stereocenters. The van der Waals surface area contributed by atoms with Crippen LogP contribution < -0.4 is 5.14 Å². The fourth-order valence-electron chi connectivity index (χ4n) is 1.93. The van der Waals surface area contributed by atoms with Crippen LogP contribution in [0.5, 0.6) is 0 Å². The molecule has 0 amide bonds. The van der Waals surface area contributed by atoms with E-state index in [1.807, 2.05) is 0 Å². The molecule has 0 aliphatic rings. The molecule has 0 saturated carbocycles. The normalized spacial score (nSPS) is 11.9. The maximum Gasteiger partial charge on any atom is 0.239 e. The Labute approximate surface area is 119 Å². The number of hydrogen-bond donors (Lipinski definition) is 1. The first kappa shape index (κ1) is 13.0. The maximum absolute atomic E-state index is 11.3. The zero-order chi connectivity index (χ0) is 14.3. The molecule has 2 heterocycles. The molecule has 0 radical (unpaired) electrons. The second-order valence-corrected chi connectivity index (χ2v) is 6.07. The lowest BCUT2D eigenvalue weighted by atomic mass is 10.1. The number of hydrogen-bond acceptors (Lipinski definition) is 4. The summed E-state index contributed by atoms with van der Waals surface area (Å²) >= 11 is 5.98. The second-order valence-electron chi connectivity index (χ2n) is 4.14. The summed E-state index contributed by atoms with van der Waals surface area (Å²) in [6.45, 7) is 0. The van der Waals surface area contributed by atoms with Crippen molar-refractivity contribution in [2.75, 3.05) is 0 Å². The van der Waals surface area contributed by atoms with E-state index in [4.69, 9.17) is 16.7 Å². The Bertz CT molecular complexity index is 905. The fraction of sp³-hybridized carbons (Fsp3) is 0. The lowest BCUT2D eigenvalue weighted by molar-refractivity contribution is 0.598. The van der Waals surface area contributed by atoms with Gasteiger partial charge in [0.1, 0.15) is 4.90 Å². The molecule has 2 aromatic heterocycles. The SMILES string of the molecule is NS(=O)(=O)c1ccc(-c2cnn3cccnc23)cc1Cl. The van der Waals surface area contributed by atoms with Crippen LogP contribution in [0, 0.1) is 0 Å². The zero-order valence-corrected chi connectivity index (χ0v) is 11.6. The number of halogens is 1. The van der Waals surface area contributed by atoms with Crippen molar-refractivity contribution in [1.29, 1.82) is 0 Å². The molecule has 0 fully saturated rings. The molecule has 8 heteroatoms. The fourth-order valence-corrected chi connectivity index (χ4v) is 3.02. The lowest BCUT2D eigenvalue weighted by Gasteiger charge is -2.04. The Morgan fingerprint density at radius 3 is 2.80 bits per heavy atom. The van der Waals surface area contributed by atoms with E-state index >= 15 is 0 Å². The van der Waals surface area contributed by atoms with Crippen LogP contribution in [0.1, 0.15) is 0 Å². The summed E-state index contributed by atoms with van der Waals surface area (Å²) in [5.74, 6) is 0. The minimum absolute atomic E-state index is 0.0697. The Kier molecular flexibility index (Phi) is 2.97. The predicted molar refractivity (Wildman–Crippen MR) is 74.8 cm³/mol. The minimum atomic E-state index is -3.83. The maximum atomic E-state index is 11.3. The zero-order valence-electron chi connectivity index (χ0n) is 10.1. The van der Waals surface area contributed by atoms with Gasteiger partial charge < -0.3 is 0 Å². The minimum Gasteiger partial charge on any atom is -0.236 e. The Balaban J connectivity index is 2.19. The highest BCUT2D eigenvalue weighted by Crippen LogP contribution is 2.29. The number of nitrogens with zero attached hydrogens (tertiary/aromatic N) is 3. The van der Waals surface area contributed by atoms with Crippen molar-refractivity contribution in [2.24, 2.45) is 5.14 Å². The van der Waals surface area contributed by atoms with Crippen molar-refractivity contribution >= 4 is 27.3 Å². The van der Waals surface area contributed by atoms with E-state index in [-0.39, 0.29) is 9.92 Å². The summed E-state index contributed by atoms with van der Waals surface area (Å²) < 4.78 is 24.3. The van der Waals surface area contributed by atoms with Crippen LogP contribution in [0.15, 0.2) is 47.8 Å². The van der Waals surface area contributed by atoms with Crippen molar-refractivity contribution in [2.45, 2.75) is 4.90 Å². The molecule has 0 bridgehead atoms. The van der Waals surface area contributed by atoms with E-state index in [2.05, 4.69) is 10.1 Å². The number of fused-ring (bicyclic) bond motifs is 1. The van der Waals surface area contributed by atoms with Crippen LogP contribution in [0.4, 0.5) is 0 Å². The van der Waals surface area contributed by atoms with E-state index in [0.717, 1.165) is 11.1 Å². The molecule has 0 aliphatic carbocycles. The van der Waals surface area contributed by atoms with Gasteiger partial charge >= 0.3 is 0 Å². The van der Waals surface area contributed by atoms with Crippen molar-refractivity contribution in [3.63, 3.8) is 0 Å². The van der Waals surface area contributed by atoms with Gasteiger partial charge in [0, 0.05) is 18.0 Å². The molecular weight excluding hydrogens is 300 g/mol. The van der Waals surface area contributed by atoms with E-state index in [1.165, 1.54) is 12.1 Å². The molecule has 0 saturated heterocycles. The topological polar surface area (TPSA) is 90.4 Å². The highest BCUT2D eigenvalue weighted by Gasteiger charge is 2.15. The van der Waals surface area contributed by atoms with E-state index in [1.54, 1.807) is 35.2 Å². The van der Waals surface area contributed by atoms with Crippen LogP contribution in [-0.4, -0.2) is 23.0 Å². The van der Waals surface area contributed by atoms with Crippen LogP contribution in [0.3, 0.4) is 0 Å². The van der Waals surface area contributed by atoms with Crippen LogP contribution >= 0.6 is 11.6 Å². The monoisotopic (exact) mass is 308 g/mol. The predicted octanol–water partition coefficient (Wildman–Crippen LogP) is 1.70. The molecule has 6 nitrogen and oxygen atoms in total. The van der Waals surface area contributed by atoms with Gasteiger partial charge in [0.05, 0.1) is 11.2 Å². The van der Waals surface area contributed by atoms with Crippen LogP contribution in [0.2, 0.25) is 5.02 Å². The summed E-state index contributed by atoms with van der Waals surface area (Å²) in [7, 11) is -3.83. The van der Waals surface area contributed by atoms with Crippen molar-refractivity contribution < 1.29 is 8.42 Å². The molecule has 0 atom stereocenters.